The van der Waals surface area contributed by atoms with Crippen molar-refractivity contribution < 1.29 is 9.90 Å². The van der Waals surface area contributed by atoms with Crippen LogP contribution < -0.4 is 0 Å². The van der Waals surface area contributed by atoms with Crippen LogP contribution in [0.4, 0.5) is 0 Å². The van der Waals surface area contributed by atoms with Crippen molar-refractivity contribution in [3.05, 3.63) is 0 Å². The van der Waals surface area contributed by atoms with E-state index in [1.54, 1.807) is 0 Å². The molecule has 0 bridgehead atoms. The average molecular weight is 241 g/mol. The molecule has 0 aliphatic carbocycles. The molecule has 1 saturated heterocycles. The normalized spacial score (nSPS) is 24.8. The van der Waals surface area contributed by atoms with Crippen LogP contribution in [0, 0.1) is 10.8 Å². The number of aliphatic hydroxyl groups excluding tert-OH is 1. The molecule has 1 N–H and O–H groups in total. The van der Waals surface area contributed by atoms with Crippen LogP contribution in [0.5, 0.6) is 0 Å². The van der Waals surface area contributed by atoms with E-state index in [1.807, 2.05) is 4.90 Å². The number of carbonyl (C=O) groups excluding carboxylic acids is 1. The molecule has 1 unspecified atom stereocenters. The summed E-state index contributed by atoms with van der Waals surface area (Å²) in [5.41, 5.74) is 0.143. The number of carbonyl (C=O) groups is 1. The van der Waals surface area contributed by atoms with E-state index >= 15 is 0 Å². The third-order valence-electron chi connectivity index (χ3n) is 3.76. The molecule has 0 aromatic carbocycles. The van der Waals surface area contributed by atoms with E-state index in [1.165, 1.54) is 0 Å². The summed E-state index contributed by atoms with van der Waals surface area (Å²) < 4.78 is 0. The second-order valence-corrected chi connectivity index (χ2v) is 7.15. The monoisotopic (exact) mass is 241 g/mol. The number of hydrogen-bond donors (Lipinski definition) is 1. The lowest BCUT2D eigenvalue weighted by Gasteiger charge is -2.41. The van der Waals surface area contributed by atoms with E-state index in [0.717, 1.165) is 19.4 Å². The topological polar surface area (TPSA) is 40.5 Å². The zero-order valence-electron chi connectivity index (χ0n) is 11.9. The van der Waals surface area contributed by atoms with Gasteiger partial charge in [-0.25, -0.2) is 0 Å². The van der Waals surface area contributed by atoms with Crippen molar-refractivity contribution in [3.63, 3.8) is 0 Å². The van der Waals surface area contributed by atoms with Crippen molar-refractivity contribution >= 4 is 5.91 Å². The lowest BCUT2D eigenvalue weighted by molar-refractivity contribution is -0.138. The third-order valence-corrected chi connectivity index (χ3v) is 3.76. The van der Waals surface area contributed by atoms with E-state index in [-0.39, 0.29) is 16.7 Å². The molecular weight excluding hydrogens is 214 g/mol. The molecule has 1 amide bonds. The first-order valence-electron chi connectivity index (χ1n) is 6.58. The van der Waals surface area contributed by atoms with Gasteiger partial charge in [-0.15, -0.1) is 0 Å². The van der Waals surface area contributed by atoms with Crippen LogP contribution in [0.1, 0.15) is 53.9 Å². The molecule has 3 heteroatoms. The fourth-order valence-electron chi connectivity index (χ4n) is 2.00. The minimum atomic E-state index is -0.394. The average Bonchev–Trinajstić information content (AvgIpc) is 2.17. The Bertz CT molecular complexity index is 278. The van der Waals surface area contributed by atoms with Crippen molar-refractivity contribution in [1.82, 2.24) is 4.90 Å². The third kappa shape index (κ3) is 4.30. The first-order chi connectivity index (χ1) is 7.62. The van der Waals surface area contributed by atoms with E-state index in [0.29, 0.717) is 13.0 Å². The molecule has 0 aromatic rings. The summed E-state index contributed by atoms with van der Waals surface area (Å²) in [4.78, 5) is 13.8. The van der Waals surface area contributed by atoms with Crippen LogP contribution in [-0.4, -0.2) is 35.1 Å². The molecular formula is C14H27NO2. The highest BCUT2D eigenvalue weighted by atomic mass is 16.3. The molecule has 17 heavy (non-hydrogen) atoms. The van der Waals surface area contributed by atoms with Crippen molar-refractivity contribution in [2.75, 3.05) is 13.1 Å². The standard InChI is InChI=1S/C14H27NO2/c1-13(2,3)7-6-12(17)15-9-8-14(4,5)11(16)10-15/h11,16H,6-10H2,1-5H3. The molecule has 0 saturated carbocycles. The van der Waals surface area contributed by atoms with Gasteiger partial charge in [0.15, 0.2) is 0 Å². The molecule has 0 radical (unpaired) electrons. The fraction of sp³-hybridized carbons (Fsp3) is 0.929. The summed E-state index contributed by atoms with van der Waals surface area (Å²) in [6.45, 7) is 11.9. The first kappa shape index (κ1) is 14.5. The molecule has 1 rings (SSSR count). The second-order valence-electron chi connectivity index (χ2n) is 7.15. The van der Waals surface area contributed by atoms with Crippen LogP contribution >= 0.6 is 0 Å². The molecule has 1 heterocycles. The highest BCUT2D eigenvalue weighted by Crippen LogP contribution is 2.31. The smallest absolute Gasteiger partial charge is 0.222 e. The van der Waals surface area contributed by atoms with Gasteiger partial charge in [0.25, 0.3) is 0 Å². The number of nitrogens with zero attached hydrogens (tertiary/aromatic N) is 1. The quantitative estimate of drug-likeness (QED) is 0.806. The van der Waals surface area contributed by atoms with E-state index < -0.39 is 6.10 Å². The van der Waals surface area contributed by atoms with Gasteiger partial charge in [-0.1, -0.05) is 34.6 Å². The highest BCUT2D eigenvalue weighted by molar-refractivity contribution is 5.76. The minimum absolute atomic E-state index is 0.0548. The van der Waals surface area contributed by atoms with E-state index in [2.05, 4.69) is 34.6 Å². The maximum atomic E-state index is 12.0. The van der Waals surface area contributed by atoms with Crippen molar-refractivity contribution in [1.29, 1.82) is 0 Å². The zero-order valence-corrected chi connectivity index (χ0v) is 11.9. The highest BCUT2D eigenvalue weighted by Gasteiger charge is 2.35. The molecule has 1 atom stereocenters. The molecule has 1 aliphatic heterocycles. The van der Waals surface area contributed by atoms with Crippen LogP contribution in [0.15, 0.2) is 0 Å². The summed E-state index contributed by atoms with van der Waals surface area (Å²) in [5.74, 6) is 0.189. The Morgan fingerprint density at radius 3 is 2.47 bits per heavy atom. The van der Waals surface area contributed by atoms with Crippen molar-refractivity contribution in [2.45, 2.75) is 60.0 Å². The van der Waals surface area contributed by atoms with E-state index in [4.69, 9.17) is 0 Å². The fourth-order valence-corrected chi connectivity index (χ4v) is 2.00. The van der Waals surface area contributed by atoms with Gasteiger partial charge in [-0.3, -0.25) is 4.79 Å². The summed E-state index contributed by atoms with van der Waals surface area (Å²) in [6.07, 6.45) is 1.99. The maximum absolute atomic E-state index is 12.0. The van der Waals surface area contributed by atoms with Gasteiger partial charge in [-0.2, -0.15) is 0 Å². The Balaban J connectivity index is 2.45. The summed E-state index contributed by atoms with van der Waals surface area (Å²) in [6, 6.07) is 0. The second kappa shape index (κ2) is 4.97. The Kier molecular flexibility index (Phi) is 4.23. The number of hydrogen-bond acceptors (Lipinski definition) is 2. The number of rotatable bonds is 2. The van der Waals surface area contributed by atoms with Crippen LogP contribution in [0.25, 0.3) is 0 Å². The van der Waals surface area contributed by atoms with Gasteiger partial charge in [-0.05, 0) is 23.7 Å². The molecule has 0 spiro atoms. The predicted octanol–water partition coefficient (Wildman–Crippen LogP) is 2.43. The van der Waals surface area contributed by atoms with Crippen molar-refractivity contribution in [3.8, 4) is 0 Å². The first-order valence-corrected chi connectivity index (χ1v) is 6.58. The van der Waals surface area contributed by atoms with Gasteiger partial charge in [0.1, 0.15) is 0 Å². The number of amides is 1. The Morgan fingerprint density at radius 2 is 2.00 bits per heavy atom. The van der Waals surface area contributed by atoms with Crippen molar-refractivity contribution in [2.24, 2.45) is 10.8 Å². The molecule has 3 nitrogen and oxygen atoms in total. The summed E-state index contributed by atoms with van der Waals surface area (Å²) in [7, 11) is 0. The van der Waals surface area contributed by atoms with Crippen LogP contribution in [0.2, 0.25) is 0 Å². The van der Waals surface area contributed by atoms with Crippen LogP contribution in [0.3, 0.4) is 0 Å². The zero-order chi connectivity index (χ0) is 13.3. The van der Waals surface area contributed by atoms with Gasteiger partial charge in [0.05, 0.1) is 6.10 Å². The Hall–Kier alpha value is -0.570. The number of likely N-dealkylation sites (tertiary alicyclic amines) is 1. The largest absolute Gasteiger partial charge is 0.391 e. The SMILES string of the molecule is CC(C)(C)CCC(=O)N1CCC(C)(C)C(O)C1. The maximum Gasteiger partial charge on any atom is 0.222 e. The summed E-state index contributed by atoms with van der Waals surface area (Å²) in [5, 5.41) is 9.99. The molecule has 100 valence electrons. The van der Waals surface area contributed by atoms with Gasteiger partial charge in [0, 0.05) is 19.5 Å². The van der Waals surface area contributed by atoms with Crippen LogP contribution in [-0.2, 0) is 4.79 Å². The lowest BCUT2D eigenvalue weighted by atomic mass is 9.80. The molecule has 1 fully saturated rings. The number of aliphatic hydroxyl groups is 1. The van der Waals surface area contributed by atoms with Gasteiger partial charge in [0.2, 0.25) is 5.91 Å². The Labute approximate surface area is 105 Å². The van der Waals surface area contributed by atoms with Gasteiger partial charge >= 0.3 is 0 Å². The molecule has 0 aromatic heterocycles. The number of piperidine rings is 1. The lowest BCUT2D eigenvalue weighted by Crippen LogP contribution is -2.50. The van der Waals surface area contributed by atoms with Gasteiger partial charge < -0.3 is 10.0 Å². The Morgan fingerprint density at radius 1 is 1.41 bits per heavy atom. The summed E-state index contributed by atoms with van der Waals surface area (Å²) >= 11 is 0. The predicted molar refractivity (Wildman–Crippen MR) is 69.7 cm³/mol. The number of β-amino-alcohol motifs (C(OH)–C–C–N with tert-alkyl or cyclic N) is 1. The van der Waals surface area contributed by atoms with E-state index in [9.17, 15) is 9.90 Å². The molecule has 1 aliphatic rings. The minimum Gasteiger partial charge on any atom is -0.391 e.